The number of anilines is 1. The molecule has 1 heterocycles. The van der Waals surface area contributed by atoms with E-state index in [9.17, 15) is 0 Å². The number of hydrogen-bond donors (Lipinski definition) is 1. The molecule has 0 radical (unpaired) electrons. The Balaban J connectivity index is 2.00. The van der Waals surface area contributed by atoms with Crippen molar-refractivity contribution in [2.75, 3.05) is 18.9 Å². The third kappa shape index (κ3) is 2.63. The second-order valence-corrected chi connectivity index (χ2v) is 3.98. The number of ether oxygens (including phenoxy) is 2. The summed E-state index contributed by atoms with van der Waals surface area (Å²) in [6.07, 6.45) is 2.35. The van der Waals surface area contributed by atoms with Crippen LogP contribution in [0.25, 0.3) is 0 Å². The van der Waals surface area contributed by atoms with Crippen molar-refractivity contribution in [1.82, 2.24) is 0 Å². The Labute approximate surface area is 90.2 Å². The van der Waals surface area contributed by atoms with E-state index in [2.05, 4.69) is 0 Å². The Morgan fingerprint density at radius 2 is 2.33 bits per heavy atom. The van der Waals surface area contributed by atoms with Crippen molar-refractivity contribution in [3.8, 4) is 5.75 Å². The molecule has 0 aliphatic carbocycles. The van der Waals surface area contributed by atoms with Crippen molar-refractivity contribution in [3.63, 3.8) is 0 Å². The van der Waals surface area contributed by atoms with Crippen LogP contribution in [0.5, 0.6) is 5.75 Å². The Hall–Kier alpha value is -1.22. The fourth-order valence-electron chi connectivity index (χ4n) is 1.72. The van der Waals surface area contributed by atoms with Crippen molar-refractivity contribution in [3.05, 3.63) is 23.8 Å². The molecule has 1 aromatic rings. The molecule has 2 rings (SSSR count). The van der Waals surface area contributed by atoms with Gasteiger partial charge in [0.25, 0.3) is 0 Å². The first-order chi connectivity index (χ1) is 7.25. The van der Waals surface area contributed by atoms with E-state index in [1.54, 1.807) is 0 Å². The van der Waals surface area contributed by atoms with Gasteiger partial charge in [0, 0.05) is 12.3 Å². The van der Waals surface area contributed by atoms with Crippen LogP contribution in [-0.2, 0) is 4.74 Å². The molecule has 1 aliphatic rings. The van der Waals surface area contributed by atoms with Gasteiger partial charge >= 0.3 is 0 Å². The van der Waals surface area contributed by atoms with E-state index in [-0.39, 0.29) is 6.10 Å². The Morgan fingerprint density at radius 1 is 1.47 bits per heavy atom. The third-order valence-electron chi connectivity index (χ3n) is 2.66. The number of aryl methyl sites for hydroxylation is 1. The molecule has 1 aromatic carbocycles. The maximum atomic E-state index is 5.81. The molecular weight excluding hydrogens is 190 g/mol. The summed E-state index contributed by atoms with van der Waals surface area (Å²) >= 11 is 0. The first kappa shape index (κ1) is 10.3. The van der Waals surface area contributed by atoms with Crippen LogP contribution in [0.2, 0.25) is 0 Å². The van der Waals surface area contributed by atoms with Gasteiger partial charge in [-0.3, -0.25) is 0 Å². The number of rotatable bonds is 2. The van der Waals surface area contributed by atoms with Gasteiger partial charge in [0.1, 0.15) is 11.9 Å². The predicted octanol–water partition coefficient (Wildman–Crippen LogP) is 2.14. The fraction of sp³-hybridized carbons (Fsp3) is 0.500. The lowest BCUT2D eigenvalue weighted by molar-refractivity contribution is 0.00742. The topological polar surface area (TPSA) is 44.5 Å². The molecular formula is C12H17NO2. The lowest BCUT2D eigenvalue weighted by Crippen LogP contribution is -2.28. The van der Waals surface area contributed by atoms with Crippen LogP contribution in [0.3, 0.4) is 0 Å². The summed E-state index contributed by atoms with van der Waals surface area (Å²) in [5, 5.41) is 0. The molecule has 82 valence electrons. The molecule has 0 spiro atoms. The monoisotopic (exact) mass is 207 g/mol. The Kier molecular flexibility index (Phi) is 3.11. The summed E-state index contributed by atoms with van der Waals surface area (Å²) in [5.74, 6) is 0.886. The third-order valence-corrected chi connectivity index (χ3v) is 2.66. The zero-order valence-corrected chi connectivity index (χ0v) is 9.03. The predicted molar refractivity (Wildman–Crippen MR) is 60.1 cm³/mol. The lowest BCUT2D eigenvalue weighted by Gasteiger charge is -2.23. The Bertz CT molecular complexity index is 332. The maximum absolute atomic E-state index is 5.81. The summed E-state index contributed by atoms with van der Waals surface area (Å²) in [6, 6.07) is 5.77. The quantitative estimate of drug-likeness (QED) is 0.755. The van der Waals surface area contributed by atoms with Gasteiger partial charge in [0.2, 0.25) is 0 Å². The molecule has 0 amide bonds. The maximum Gasteiger partial charge on any atom is 0.122 e. The normalized spacial score (nSPS) is 21.3. The van der Waals surface area contributed by atoms with E-state index in [0.29, 0.717) is 6.61 Å². The number of hydrogen-bond acceptors (Lipinski definition) is 3. The molecule has 1 fully saturated rings. The highest BCUT2D eigenvalue weighted by Gasteiger charge is 2.15. The van der Waals surface area contributed by atoms with Gasteiger partial charge in [0.15, 0.2) is 0 Å². The molecule has 0 saturated carbocycles. The number of nitrogen functional groups attached to an aromatic ring is 1. The SMILES string of the molecule is Cc1cc(OC2CCCOC2)ccc1N. The van der Waals surface area contributed by atoms with E-state index < -0.39 is 0 Å². The van der Waals surface area contributed by atoms with Crippen molar-refractivity contribution < 1.29 is 9.47 Å². The molecule has 1 aliphatic heterocycles. The van der Waals surface area contributed by atoms with E-state index >= 15 is 0 Å². The molecule has 15 heavy (non-hydrogen) atoms. The average Bonchev–Trinajstić information content (AvgIpc) is 2.25. The van der Waals surface area contributed by atoms with E-state index in [1.165, 1.54) is 0 Å². The minimum absolute atomic E-state index is 0.196. The molecule has 0 aromatic heterocycles. The lowest BCUT2D eigenvalue weighted by atomic mass is 10.1. The Morgan fingerprint density at radius 3 is 3.00 bits per heavy atom. The van der Waals surface area contributed by atoms with Gasteiger partial charge in [-0.25, -0.2) is 0 Å². The van der Waals surface area contributed by atoms with E-state index in [0.717, 1.165) is 36.4 Å². The minimum Gasteiger partial charge on any atom is -0.488 e. The first-order valence-corrected chi connectivity index (χ1v) is 5.36. The standard InChI is InChI=1S/C12H17NO2/c1-9-7-10(4-5-12(9)13)15-11-3-2-6-14-8-11/h4-5,7,11H,2-3,6,8,13H2,1H3. The molecule has 2 N–H and O–H groups in total. The van der Waals surface area contributed by atoms with E-state index in [1.807, 2.05) is 25.1 Å². The summed E-state index contributed by atoms with van der Waals surface area (Å²) in [7, 11) is 0. The molecule has 3 nitrogen and oxygen atoms in total. The van der Waals surface area contributed by atoms with Gasteiger partial charge in [0.05, 0.1) is 6.61 Å². The van der Waals surface area contributed by atoms with Gasteiger partial charge in [-0.1, -0.05) is 0 Å². The van der Waals surface area contributed by atoms with Crippen molar-refractivity contribution >= 4 is 5.69 Å². The van der Waals surface area contributed by atoms with Gasteiger partial charge < -0.3 is 15.2 Å². The minimum atomic E-state index is 0.196. The summed E-state index contributed by atoms with van der Waals surface area (Å²) in [4.78, 5) is 0. The van der Waals surface area contributed by atoms with Crippen LogP contribution in [0.15, 0.2) is 18.2 Å². The van der Waals surface area contributed by atoms with E-state index in [4.69, 9.17) is 15.2 Å². The highest BCUT2D eigenvalue weighted by atomic mass is 16.5. The highest BCUT2D eigenvalue weighted by Crippen LogP contribution is 2.21. The highest BCUT2D eigenvalue weighted by molar-refractivity contribution is 5.49. The van der Waals surface area contributed by atoms with Crippen LogP contribution >= 0.6 is 0 Å². The molecule has 0 bridgehead atoms. The second-order valence-electron chi connectivity index (χ2n) is 3.98. The largest absolute Gasteiger partial charge is 0.488 e. The number of benzene rings is 1. The summed E-state index contributed by atoms with van der Waals surface area (Å²) in [6.45, 7) is 3.55. The summed E-state index contributed by atoms with van der Waals surface area (Å²) < 4.78 is 11.2. The summed E-state index contributed by atoms with van der Waals surface area (Å²) in [5.41, 5.74) is 7.61. The van der Waals surface area contributed by atoms with Crippen molar-refractivity contribution in [2.24, 2.45) is 0 Å². The second kappa shape index (κ2) is 4.53. The van der Waals surface area contributed by atoms with Crippen LogP contribution < -0.4 is 10.5 Å². The van der Waals surface area contributed by atoms with Crippen molar-refractivity contribution in [1.29, 1.82) is 0 Å². The smallest absolute Gasteiger partial charge is 0.122 e. The van der Waals surface area contributed by atoms with Crippen LogP contribution in [-0.4, -0.2) is 19.3 Å². The zero-order valence-electron chi connectivity index (χ0n) is 9.03. The van der Waals surface area contributed by atoms with Crippen molar-refractivity contribution in [2.45, 2.75) is 25.9 Å². The van der Waals surface area contributed by atoms with Crippen LogP contribution in [0.4, 0.5) is 5.69 Å². The van der Waals surface area contributed by atoms with Gasteiger partial charge in [-0.15, -0.1) is 0 Å². The first-order valence-electron chi connectivity index (χ1n) is 5.36. The van der Waals surface area contributed by atoms with Crippen LogP contribution in [0, 0.1) is 6.92 Å². The molecule has 1 unspecified atom stereocenters. The zero-order chi connectivity index (χ0) is 10.7. The molecule has 1 saturated heterocycles. The van der Waals surface area contributed by atoms with Gasteiger partial charge in [-0.05, 0) is 43.5 Å². The molecule has 3 heteroatoms. The molecule has 1 atom stereocenters. The fourth-order valence-corrected chi connectivity index (χ4v) is 1.72. The average molecular weight is 207 g/mol. The van der Waals surface area contributed by atoms with Crippen LogP contribution in [0.1, 0.15) is 18.4 Å². The van der Waals surface area contributed by atoms with Gasteiger partial charge in [-0.2, -0.15) is 0 Å². The number of nitrogens with two attached hydrogens (primary N) is 1.